The third-order valence-corrected chi connectivity index (χ3v) is 6.53. The molecule has 37 heavy (non-hydrogen) atoms. The van der Waals surface area contributed by atoms with Gasteiger partial charge in [-0.15, -0.1) is 0 Å². The molecule has 5 heteroatoms. The maximum absolute atomic E-state index is 14.7. The number of carbonyl (C=O) groups excluding carboxylic acids is 1. The number of carbonyl (C=O) groups is 1. The lowest BCUT2D eigenvalue weighted by atomic mass is 9.91. The van der Waals surface area contributed by atoms with Crippen molar-refractivity contribution in [3.63, 3.8) is 0 Å². The van der Waals surface area contributed by atoms with Gasteiger partial charge in [-0.25, -0.2) is 9.18 Å². The standard InChI is InChI=1S/C32H34FNO3/c1-6-31(34-21(4)22-11-9-12-28(18-22)36-5)25-14-23-10-7-8-13-29(23)30(19-25)24-15-26(17-27(33)16-24)32(35)37-20(2)3/h7-21,31,34H,6H2,1-5H3/t21-,31?/m1/s1. The molecular formula is C32H34FNO3. The van der Waals surface area contributed by atoms with Crippen molar-refractivity contribution in [1.29, 1.82) is 0 Å². The molecule has 4 aromatic carbocycles. The Balaban J connectivity index is 1.76. The van der Waals surface area contributed by atoms with Crippen LogP contribution in [0.25, 0.3) is 21.9 Å². The number of methoxy groups -OCH3 is 1. The molecule has 4 aromatic rings. The Kier molecular flexibility index (Phi) is 8.24. The lowest BCUT2D eigenvalue weighted by Gasteiger charge is -2.25. The predicted octanol–water partition coefficient (Wildman–Crippen LogP) is 8.02. The Hall–Kier alpha value is -3.70. The molecule has 0 heterocycles. The Labute approximate surface area is 218 Å². The van der Waals surface area contributed by atoms with Gasteiger partial charge in [0.2, 0.25) is 0 Å². The second kappa shape index (κ2) is 11.6. The Morgan fingerprint density at radius 3 is 2.43 bits per heavy atom. The molecule has 0 aliphatic rings. The largest absolute Gasteiger partial charge is 0.497 e. The lowest BCUT2D eigenvalue weighted by Crippen LogP contribution is -2.24. The molecule has 1 unspecified atom stereocenters. The first-order chi connectivity index (χ1) is 17.8. The van der Waals surface area contributed by atoms with Gasteiger partial charge in [0, 0.05) is 12.1 Å². The number of rotatable bonds is 9. The van der Waals surface area contributed by atoms with Crippen LogP contribution in [-0.2, 0) is 4.74 Å². The highest BCUT2D eigenvalue weighted by Crippen LogP contribution is 2.35. The van der Waals surface area contributed by atoms with Crippen molar-refractivity contribution in [2.24, 2.45) is 0 Å². The van der Waals surface area contributed by atoms with Crippen molar-refractivity contribution in [2.45, 2.75) is 52.3 Å². The molecule has 2 atom stereocenters. The van der Waals surface area contributed by atoms with Crippen LogP contribution in [0.4, 0.5) is 4.39 Å². The normalized spacial score (nSPS) is 12.9. The maximum Gasteiger partial charge on any atom is 0.338 e. The Bertz CT molecular complexity index is 1400. The summed E-state index contributed by atoms with van der Waals surface area (Å²) < 4.78 is 25.5. The smallest absolute Gasteiger partial charge is 0.338 e. The van der Waals surface area contributed by atoms with Crippen LogP contribution in [-0.4, -0.2) is 19.2 Å². The number of nitrogens with one attached hydrogen (secondary N) is 1. The van der Waals surface area contributed by atoms with E-state index in [4.69, 9.17) is 9.47 Å². The van der Waals surface area contributed by atoms with Gasteiger partial charge in [-0.05, 0) is 103 Å². The van der Waals surface area contributed by atoms with E-state index >= 15 is 0 Å². The maximum atomic E-state index is 14.7. The zero-order valence-electron chi connectivity index (χ0n) is 22.0. The summed E-state index contributed by atoms with van der Waals surface area (Å²) in [5, 5.41) is 5.80. The van der Waals surface area contributed by atoms with E-state index in [1.807, 2.05) is 36.4 Å². The zero-order valence-corrected chi connectivity index (χ0v) is 22.0. The van der Waals surface area contributed by atoms with Crippen molar-refractivity contribution in [3.8, 4) is 16.9 Å². The molecule has 1 N–H and O–H groups in total. The molecule has 0 aliphatic carbocycles. The molecule has 0 aliphatic heterocycles. The van der Waals surface area contributed by atoms with E-state index in [1.54, 1.807) is 27.0 Å². The van der Waals surface area contributed by atoms with Crippen LogP contribution in [0, 0.1) is 5.82 Å². The van der Waals surface area contributed by atoms with E-state index in [-0.39, 0.29) is 23.8 Å². The van der Waals surface area contributed by atoms with Crippen LogP contribution in [0.2, 0.25) is 0 Å². The van der Waals surface area contributed by atoms with Gasteiger partial charge in [0.1, 0.15) is 11.6 Å². The van der Waals surface area contributed by atoms with Crippen LogP contribution in [0.5, 0.6) is 5.75 Å². The van der Waals surface area contributed by atoms with E-state index in [1.165, 1.54) is 12.1 Å². The molecular weight excluding hydrogens is 465 g/mol. The summed E-state index contributed by atoms with van der Waals surface area (Å²) in [6.45, 7) is 7.84. The van der Waals surface area contributed by atoms with Crippen LogP contribution in [0.15, 0.2) is 78.9 Å². The molecule has 0 saturated heterocycles. The van der Waals surface area contributed by atoms with E-state index in [0.29, 0.717) is 5.56 Å². The summed E-state index contributed by atoms with van der Waals surface area (Å²) in [6, 6.07) is 25.0. The molecule has 4 nitrogen and oxygen atoms in total. The monoisotopic (exact) mass is 499 g/mol. The summed E-state index contributed by atoms with van der Waals surface area (Å²) >= 11 is 0. The number of halogens is 1. The van der Waals surface area contributed by atoms with Crippen molar-refractivity contribution in [2.75, 3.05) is 7.11 Å². The lowest BCUT2D eigenvalue weighted by molar-refractivity contribution is 0.0377. The molecule has 0 amide bonds. The van der Waals surface area contributed by atoms with Gasteiger partial charge in [0.25, 0.3) is 0 Å². The van der Waals surface area contributed by atoms with Gasteiger partial charge in [-0.1, -0.05) is 43.3 Å². The predicted molar refractivity (Wildman–Crippen MR) is 147 cm³/mol. The molecule has 0 saturated carbocycles. The van der Waals surface area contributed by atoms with Crippen LogP contribution >= 0.6 is 0 Å². The first-order valence-electron chi connectivity index (χ1n) is 12.7. The Morgan fingerprint density at radius 1 is 0.919 bits per heavy atom. The van der Waals surface area contributed by atoms with Crippen molar-refractivity contribution in [3.05, 3.63) is 101 Å². The van der Waals surface area contributed by atoms with E-state index in [2.05, 4.69) is 43.4 Å². The fourth-order valence-corrected chi connectivity index (χ4v) is 4.68. The van der Waals surface area contributed by atoms with Crippen LogP contribution in [0.3, 0.4) is 0 Å². The summed E-state index contributed by atoms with van der Waals surface area (Å²) in [5.74, 6) is -0.180. The molecule has 0 bridgehead atoms. The minimum Gasteiger partial charge on any atom is -0.497 e. The molecule has 0 spiro atoms. The SMILES string of the molecule is CCC(N[C@H](C)c1cccc(OC)c1)c1cc(-c2cc(F)cc(C(=O)OC(C)C)c2)c2ccccc2c1. The van der Waals surface area contributed by atoms with Gasteiger partial charge in [-0.2, -0.15) is 0 Å². The van der Waals surface area contributed by atoms with Crippen LogP contribution < -0.4 is 10.1 Å². The van der Waals surface area contributed by atoms with E-state index in [9.17, 15) is 9.18 Å². The summed E-state index contributed by atoms with van der Waals surface area (Å²) in [5.41, 5.74) is 3.96. The average Bonchev–Trinajstić information content (AvgIpc) is 2.90. The van der Waals surface area contributed by atoms with Gasteiger partial charge in [-0.3, -0.25) is 0 Å². The fraction of sp³-hybridized carbons (Fsp3) is 0.281. The van der Waals surface area contributed by atoms with E-state index in [0.717, 1.165) is 39.6 Å². The third kappa shape index (κ3) is 6.17. The molecule has 0 fully saturated rings. The minimum atomic E-state index is -0.531. The topological polar surface area (TPSA) is 47.6 Å². The highest BCUT2D eigenvalue weighted by Gasteiger charge is 2.19. The first-order valence-corrected chi connectivity index (χ1v) is 12.7. The van der Waals surface area contributed by atoms with Crippen molar-refractivity contribution in [1.82, 2.24) is 5.32 Å². The number of hydrogen-bond acceptors (Lipinski definition) is 4. The van der Waals surface area contributed by atoms with Crippen molar-refractivity contribution < 1.29 is 18.7 Å². The molecule has 0 aromatic heterocycles. The highest BCUT2D eigenvalue weighted by molar-refractivity contribution is 5.99. The van der Waals surface area contributed by atoms with Gasteiger partial charge >= 0.3 is 5.97 Å². The van der Waals surface area contributed by atoms with Crippen LogP contribution in [0.1, 0.15) is 67.7 Å². The number of benzene rings is 4. The minimum absolute atomic E-state index is 0.0588. The quantitative estimate of drug-likeness (QED) is 0.237. The van der Waals surface area contributed by atoms with E-state index < -0.39 is 11.8 Å². The second-order valence-corrected chi connectivity index (χ2v) is 9.60. The Morgan fingerprint density at radius 2 is 1.70 bits per heavy atom. The zero-order chi connectivity index (χ0) is 26.5. The number of hydrogen-bond donors (Lipinski definition) is 1. The number of fused-ring (bicyclic) bond motifs is 1. The molecule has 192 valence electrons. The summed E-state index contributed by atoms with van der Waals surface area (Å²) in [6.07, 6.45) is 0.577. The van der Waals surface area contributed by atoms with Gasteiger partial charge < -0.3 is 14.8 Å². The summed E-state index contributed by atoms with van der Waals surface area (Å²) in [4.78, 5) is 12.6. The number of esters is 1. The van der Waals surface area contributed by atoms with Crippen molar-refractivity contribution >= 4 is 16.7 Å². The molecule has 4 rings (SSSR count). The van der Waals surface area contributed by atoms with Gasteiger partial charge in [0.15, 0.2) is 0 Å². The third-order valence-electron chi connectivity index (χ3n) is 6.53. The summed E-state index contributed by atoms with van der Waals surface area (Å²) in [7, 11) is 1.67. The highest BCUT2D eigenvalue weighted by atomic mass is 19.1. The van der Waals surface area contributed by atoms with Gasteiger partial charge in [0.05, 0.1) is 18.8 Å². The fourth-order valence-electron chi connectivity index (χ4n) is 4.68. The second-order valence-electron chi connectivity index (χ2n) is 9.60. The number of ether oxygens (including phenoxy) is 2. The average molecular weight is 500 g/mol. The molecule has 0 radical (unpaired) electrons. The first kappa shape index (κ1) is 26.4.